The maximum absolute atomic E-state index is 13.5. The number of rotatable bonds is 2. The molecule has 7 nitrogen and oxygen atoms in total. The van der Waals surface area contributed by atoms with Crippen molar-refractivity contribution in [1.29, 1.82) is 0 Å². The topological polar surface area (TPSA) is 88.2 Å². The lowest BCUT2D eigenvalue weighted by Gasteiger charge is -2.33. The molecule has 1 amide bonds. The smallest absolute Gasteiger partial charge is 0.437 e. The van der Waals surface area contributed by atoms with Crippen molar-refractivity contribution < 1.29 is 40.0 Å². The van der Waals surface area contributed by atoms with E-state index in [1.165, 1.54) is 18.5 Å². The SMILES string of the molecule is O=C(c1ocnc1C(F)(F)F)N1CCc2[nH]cnc2[C@H]1c1cc2c(C(F)(F)F)cccc2o1. The Balaban J connectivity index is 1.64. The largest absolute Gasteiger partial charge is 0.458 e. The van der Waals surface area contributed by atoms with Gasteiger partial charge in [0.1, 0.15) is 17.4 Å². The summed E-state index contributed by atoms with van der Waals surface area (Å²) in [5.74, 6) is -2.26. The van der Waals surface area contributed by atoms with Gasteiger partial charge in [-0.2, -0.15) is 26.3 Å². The number of oxazole rings is 1. The van der Waals surface area contributed by atoms with Gasteiger partial charge in [-0.1, -0.05) is 6.07 Å². The van der Waals surface area contributed by atoms with Crippen LogP contribution in [0.4, 0.5) is 26.3 Å². The van der Waals surface area contributed by atoms with Crippen LogP contribution in [-0.2, 0) is 18.8 Å². The van der Waals surface area contributed by atoms with Gasteiger partial charge < -0.3 is 18.7 Å². The molecule has 0 spiro atoms. The highest BCUT2D eigenvalue weighted by Gasteiger charge is 2.44. The van der Waals surface area contributed by atoms with Crippen LogP contribution in [0.25, 0.3) is 11.0 Å². The van der Waals surface area contributed by atoms with Crippen molar-refractivity contribution in [1.82, 2.24) is 19.9 Å². The summed E-state index contributed by atoms with van der Waals surface area (Å²) in [5, 5.41) is -0.245. The van der Waals surface area contributed by atoms with Crippen molar-refractivity contribution in [2.75, 3.05) is 6.54 Å². The monoisotopic (exact) mass is 470 g/mol. The van der Waals surface area contributed by atoms with Crippen LogP contribution in [0.15, 0.2) is 45.8 Å². The summed E-state index contributed by atoms with van der Waals surface area (Å²) in [6.07, 6.45) is -7.55. The number of benzene rings is 1. The van der Waals surface area contributed by atoms with Crippen LogP contribution in [0.3, 0.4) is 0 Å². The minimum atomic E-state index is -4.94. The maximum atomic E-state index is 13.5. The lowest BCUT2D eigenvalue weighted by atomic mass is 9.99. The van der Waals surface area contributed by atoms with Gasteiger partial charge in [0.05, 0.1) is 17.6 Å². The van der Waals surface area contributed by atoms with E-state index < -0.39 is 41.3 Å². The molecule has 33 heavy (non-hydrogen) atoms. The lowest BCUT2D eigenvalue weighted by Crippen LogP contribution is -2.41. The van der Waals surface area contributed by atoms with Gasteiger partial charge in [0.25, 0.3) is 5.91 Å². The quantitative estimate of drug-likeness (QED) is 0.418. The molecule has 0 fully saturated rings. The highest BCUT2D eigenvalue weighted by Crippen LogP contribution is 2.41. The first kappa shape index (κ1) is 21.1. The van der Waals surface area contributed by atoms with Crippen molar-refractivity contribution in [2.24, 2.45) is 0 Å². The predicted octanol–water partition coefficient (Wildman–Crippen LogP) is 4.97. The fourth-order valence-electron chi connectivity index (χ4n) is 3.98. The van der Waals surface area contributed by atoms with E-state index in [2.05, 4.69) is 15.0 Å². The van der Waals surface area contributed by atoms with Crippen LogP contribution in [0.5, 0.6) is 0 Å². The molecule has 1 aromatic carbocycles. The Morgan fingerprint density at radius 3 is 2.64 bits per heavy atom. The Hall–Kier alpha value is -3.77. The number of hydrogen-bond acceptors (Lipinski definition) is 5. The number of fused-ring (bicyclic) bond motifs is 2. The molecule has 0 aliphatic carbocycles. The summed E-state index contributed by atoms with van der Waals surface area (Å²) in [5.41, 5.74) is -1.71. The van der Waals surface area contributed by atoms with Crippen molar-refractivity contribution in [3.8, 4) is 0 Å². The van der Waals surface area contributed by atoms with E-state index in [1.54, 1.807) is 0 Å². The Labute approximate surface area is 180 Å². The number of aromatic amines is 1. The van der Waals surface area contributed by atoms with E-state index in [4.69, 9.17) is 8.83 Å². The van der Waals surface area contributed by atoms with Gasteiger partial charge in [0, 0.05) is 24.0 Å². The molecule has 0 saturated heterocycles. The number of hydrogen-bond donors (Lipinski definition) is 1. The van der Waals surface area contributed by atoms with Gasteiger partial charge in [-0.05, 0) is 18.2 Å². The number of imidazole rings is 1. The minimum absolute atomic E-state index is 0.0696. The summed E-state index contributed by atoms with van der Waals surface area (Å²) in [6.45, 7) is -0.0696. The van der Waals surface area contributed by atoms with Crippen LogP contribution >= 0.6 is 0 Å². The third kappa shape index (κ3) is 3.43. The van der Waals surface area contributed by atoms with E-state index >= 15 is 0 Å². The third-order valence-corrected chi connectivity index (χ3v) is 5.37. The molecule has 0 radical (unpaired) electrons. The van der Waals surface area contributed by atoms with E-state index in [0.717, 1.165) is 17.0 Å². The second-order valence-electron chi connectivity index (χ2n) is 7.31. The molecule has 3 aromatic heterocycles. The predicted molar refractivity (Wildman–Crippen MR) is 97.9 cm³/mol. The summed E-state index contributed by atoms with van der Waals surface area (Å²) < 4.78 is 90.6. The molecule has 0 unspecified atom stereocenters. The Kier molecular flexibility index (Phi) is 4.55. The van der Waals surface area contributed by atoms with Crippen molar-refractivity contribution in [3.63, 3.8) is 0 Å². The third-order valence-electron chi connectivity index (χ3n) is 5.37. The van der Waals surface area contributed by atoms with Crippen molar-refractivity contribution >= 4 is 16.9 Å². The molecule has 1 atom stereocenters. The van der Waals surface area contributed by atoms with Gasteiger partial charge >= 0.3 is 12.4 Å². The number of nitrogens with one attached hydrogen (secondary N) is 1. The highest BCUT2D eigenvalue weighted by atomic mass is 19.4. The number of carbonyl (C=O) groups is 1. The van der Waals surface area contributed by atoms with Gasteiger partial charge in [-0.3, -0.25) is 4.79 Å². The first-order valence-corrected chi connectivity index (χ1v) is 9.49. The van der Waals surface area contributed by atoms with Crippen molar-refractivity contribution in [3.05, 3.63) is 71.2 Å². The molecule has 0 saturated carbocycles. The Morgan fingerprint density at radius 1 is 1.12 bits per heavy atom. The standard InChI is InChI=1S/C20H12F6N4O3/c21-19(22,23)10-2-1-3-12-9(10)6-13(33-12)15-14-11(27-7-28-14)4-5-30(15)18(31)16-17(20(24,25)26)29-8-32-16/h1-3,6-8,15H,4-5H2,(H,27,28)/t15-/m1/s1. The first-order chi connectivity index (χ1) is 15.6. The molecule has 1 N–H and O–H groups in total. The van der Waals surface area contributed by atoms with E-state index in [-0.39, 0.29) is 35.4 Å². The number of carbonyl (C=O) groups excluding carboxylic acids is 1. The average Bonchev–Trinajstić information content (AvgIpc) is 3.49. The fourth-order valence-corrected chi connectivity index (χ4v) is 3.98. The summed E-state index contributed by atoms with van der Waals surface area (Å²) in [4.78, 5) is 24.2. The molecule has 1 aliphatic heterocycles. The Bertz CT molecular complexity index is 1350. The van der Waals surface area contributed by atoms with Crippen LogP contribution in [0.2, 0.25) is 0 Å². The van der Waals surface area contributed by atoms with Crippen LogP contribution in [0.1, 0.15) is 45.0 Å². The number of halogens is 6. The maximum Gasteiger partial charge on any atom is 0.437 e. The summed E-state index contributed by atoms with van der Waals surface area (Å²) in [6, 6.07) is 3.32. The minimum Gasteiger partial charge on any atom is -0.458 e. The van der Waals surface area contributed by atoms with Crippen molar-refractivity contribution in [2.45, 2.75) is 24.8 Å². The highest BCUT2D eigenvalue weighted by molar-refractivity contribution is 5.93. The summed E-state index contributed by atoms with van der Waals surface area (Å²) in [7, 11) is 0. The number of aromatic nitrogens is 3. The number of nitrogens with zero attached hydrogens (tertiary/aromatic N) is 3. The van der Waals surface area contributed by atoms with Gasteiger partial charge in [0.15, 0.2) is 12.1 Å². The molecule has 1 aliphatic rings. The molecule has 13 heteroatoms. The molecule has 172 valence electrons. The molecule has 5 rings (SSSR count). The summed E-state index contributed by atoms with van der Waals surface area (Å²) >= 11 is 0. The zero-order valence-electron chi connectivity index (χ0n) is 16.3. The molecule has 4 aromatic rings. The molecular formula is C20H12F6N4O3. The normalized spacial score (nSPS) is 16.9. The molecule has 4 heterocycles. The zero-order chi connectivity index (χ0) is 23.5. The van der Waals surface area contributed by atoms with Crippen LogP contribution < -0.4 is 0 Å². The van der Waals surface area contributed by atoms with Gasteiger partial charge in [0.2, 0.25) is 5.76 Å². The average molecular weight is 470 g/mol. The number of alkyl halides is 6. The van der Waals surface area contributed by atoms with Gasteiger partial charge in [-0.25, -0.2) is 9.97 Å². The second kappa shape index (κ2) is 7.12. The number of H-pyrrole nitrogens is 1. The van der Waals surface area contributed by atoms with Crippen LogP contribution in [0, 0.1) is 0 Å². The van der Waals surface area contributed by atoms with Gasteiger partial charge in [-0.15, -0.1) is 0 Å². The second-order valence-corrected chi connectivity index (χ2v) is 7.31. The van der Waals surface area contributed by atoms with E-state index in [9.17, 15) is 31.1 Å². The number of amides is 1. The van der Waals surface area contributed by atoms with Crippen LogP contribution in [-0.4, -0.2) is 32.3 Å². The number of furan rings is 1. The fraction of sp³-hybridized carbons (Fsp3) is 0.250. The molecular weight excluding hydrogens is 458 g/mol. The van der Waals surface area contributed by atoms with E-state index in [0.29, 0.717) is 12.1 Å². The first-order valence-electron chi connectivity index (χ1n) is 9.49. The molecule has 0 bridgehead atoms. The van der Waals surface area contributed by atoms with E-state index in [1.807, 2.05) is 0 Å². The zero-order valence-corrected chi connectivity index (χ0v) is 16.3. The Morgan fingerprint density at radius 2 is 1.91 bits per heavy atom. The lowest BCUT2D eigenvalue weighted by molar-refractivity contribution is -0.141.